The van der Waals surface area contributed by atoms with Gasteiger partial charge >= 0.3 is 0 Å². The summed E-state index contributed by atoms with van der Waals surface area (Å²) in [6.45, 7) is 0. The molecule has 3 nitrogen and oxygen atoms in total. The van der Waals surface area contributed by atoms with Gasteiger partial charge in [0, 0.05) is 0 Å². The van der Waals surface area contributed by atoms with Crippen LogP contribution in [0.3, 0.4) is 0 Å². The molecule has 0 unspecified atom stereocenters. The Morgan fingerprint density at radius 3 is 2.27 bits per heavy atom. The standard InChI is InChI=1S/C6H4ClFO.H4N2/c7-4-2-1-3-5(8)6(4)9;1-2/h1-3,9H;1-2H2. The molecule has 1 aromatic rings. The fourth-order valence-electron chi connectivity index (χ4n) is 0.489. The third kappa shape index (κ3) is 2.71. The van der Waals surface area contributed by atoms with Gasteiger partial charge in [-0.25, -0.2) is 4.39 Å². The maximum atomic E-state index is 12.2. The zero-order chi connectivity index (χ0) is 8.85. The number of hydrazine groups is 1. The summed E-state index contributed by atoms with van der Waals surface area (Å²) in [7, 11) is 0. The molecule has 11 heavy (non-hydrogen) atoms. The molecule has 0 saturated heterocycles. The quantitative estimate of drug-likeness (QED) is 0.410. The van der Waals surface area contributed by atoms with Crippen LogP contribution >= 0.6 is 11.6 Å². The summed E-state index contributed by atoms with van der Waals surface area (Å²) < 4.78 is 12.2. The predicted molar refractivity (Wildman–Crippen MR) is 41.4 cm³/mol. The van der Waals surface area contributed by atoms with Crippen molar-refractivity contribution in [1.29, 1.82) is 0 Å². The number of nitrogens with two attached hydrogens (primary N) is 2. The molecule has 0 bridgehead atoms. The average Bonchev–Trinajstić information content (AvgIpc) is 2.04. The van der Waals surface area contributed by atoms with Crippen LogP contribution < -0.4 is 11.7 Å². The van der Waals surface area contributed by atoms with Crippen molar-refractivity contribution < 1.29 is 9.50 Å². The van der Waals surface area contributed by atoms with Crippen molar-refractivity contribution >= 4 is 11.6 Å². The molecular formula is C6H8ClFN2O. The largest absolute Gasteiger partial charge is 0.504 e. The van der Waals surface area contributed by atoms with Crippen molar-refractivity contribution in [3.63, 3.8) is 0 Å². The fourth-order valence-corrected chi connectivity index (χ4v) is 0.652. The molecule has 0 atom stereocenters. The number of hydrogen-bond donors (Lipinski definition) is 3. The van der Waals surface area contributed by atoms with Crippen LogP contribution in [0.5, 0.6) is 5.75 Å². The van der Waals surface area contributed by atoms with Crippen molar-refractivity contribution in [2.45, 2.75) is 0 Å². The number of aromatic hydroxyl groups is 1. The normalized spacial score (nSPS) is 8.36. The Hall–Kier alpha value is -0.840. The molecule has 0 fully saturated rings. The SMILES string of the molecule is NN.Oc1c(F)cccc1Cl. The van der Waals surface area contributed by atoms with Gasteiger partial charge in [-0.3, -0.25) is 11.7 Å². The summed E-state index contributed by atoms with van der Waals surface area (Å²) >= 11 is 5.32. The minimum Gasteiger partial charge on any atom is -0.504 e. The van der Waals surface area contributed by atoms with Crippen LogP contribution in [0.25, 0.3) is 0 Å². The topological polar surface area (TPSA) is 72.3 Å². The lowest BCUT2D eigenvalue weighted by molar-refractivity contribution is 0.433. The first-order valence-electron chi connectivity index (χ1n) is 2.68. The van der Waals surface area contributed by atoms with Crippen LogP contribution in [0.15, 0.2) is 18.2 Å². The lowest BCUT2D eigenvalue weighted by atomic mass is 10.3. The highest BCUT2D eigenvalue weighted by molar-refractivity contribution is 6.31. The van der Waals surface area contributed by atoms with E-state index in [9.17, 15) is 4.39 Å². The van der Waals surface area contributed by atoms with Crippen molar-refractivity contribution in [2.24, 2.45) is 11.7 Å². The molecule has 5 heteroatoms. The maximum absolute atomic E-state index is 12.2. The minimum absolute atomic E-state index is 0.0370. The van der Waals surface area contributed by atoms with Gasteiger partial charge in [0.1, 0.15) is 0 Å². The fraction of sp³-hybridized carbons (Fsp3) is 0. The first-order chi connectivity index (χ1) is 5.22. The van der Waals surface area contributed by atoms with Gasteiger partial charge in [-0.05, 0) is 12.1 Å². The predicted octanol–water partition coefficient (Wildman–Crippen LogP) is 1.00. The number of phenolic OH excluding ortho intramolecular Hbond substituents is 1. The smallest absolute Gasteiger partial charge is 0.170 e. The highest BCUT2D eigenvalue weighted by Crippen LogP contribution is 2.24. The van der Waals surface area contributed by atoms with E-state index in [-0.39, 0.29) is 5.02 Å². The van der Waals surface area contributed by atoms with Gasteiger partial charge in [-0.15, -0.1) is 0 Å². The van der Waals surface area contributed by atoms with Crippen LogP contribution in [0.4, 0.5) is 4.39 Å². The molecule has 0 aliphatic rings. The van der Waals surface area contributed by atoms with E-state index in [0.717, 1.165) is 6.07 Å². The van der Waals surface area contributed by atoms with Crippen LogP contribution in [0, 0.1) is 5.82 Å². The molecule has 0 amide bonds. The molecule has 0 spiro atoms. The lowest BCUT2D eigenvalue weighted by Gasteiger charge is -1.94. The van der Waals surface area contributed by atoms with E-state index in [4.69, 9.17) is 16.7 Å². The van der Waals surface area contributed by atoms with E-state index in [0.29, 0.717) is 0 Å². The van der Waals surface area contributed by atoms with E-state index in [2.05, 4.69) is 11.7 Å². The van der Waals surface area contributed by atoms with Gasteiger partial charge in [0.25, 0.3) is 0 Å². The Morgan fingerprint density at radius 2 is 1.91 bits per heavy atom. The van der Waals surface area contributed by atoms with Gasteiger partial charge in [0.05, 0.1) is 5.02 Å². The second-order valence-electron chi connectivity index (χ2n) is 1.57. The summed E-state index contributed by atoms with van der Waals surface area (Å²) in [5.41, 5.74) is 0. The second-order valence-corrected chi connectivity index (χ2v) is 1.98. The highest BCUT2D eigenvalue weighted by atomic mass is 35.5. The molecule has 5 N–H and O–H groups in total. The van der Waals surface area contributed by atoms with Gasteiger partial charge < -0.3 is 5.11 Å². The summed E-state index contributed by atoms with van der Waals surface area (Å²) in [6, 6.07) is 3.98. The number of para-hydroxylation sites is 1. The van der Waals surface area contributed by atoms with Gasteiger partial charge in [-0.1, -0.05) is 17.7 Å². The van der Waals surface area contributed by atoms with Gasteiger partial charge in [0.15, 0.2) is 11.6 Å². The van der Waals surface area contributed by atoms with E-state index >= 15 is 0 Å². The summed E-state index contributed by atoms with van der Waals surface area (Å²) in [6.07, 6.45) is 0. The molecule has 0 saturated carbocycles. The monoisotopic (exact) mass is 178 g/mol. The Morgan fingerprint density at radius 1 is 1.36 bits per heavy atom. The molecule has 0 radical (unpaired) electrons. The van der Waals surface area contributed by atoms with E-state index in [1.54, 1.807) is 0 Å². The minimum atomic E-state index is -0.692. The van der Waals surface area contributed by atoms with Crippen LogP contribution in [-0.2, 0) is 0 Å². The number of hydrogen-bond acceptors (Lipinski definition) is 3. The lowest BCUT2D eigenvalue weighted by Crippen LogP contribution is -2.02. The van der Waals surface area contributed by atoms with Crippen LogP contribution in [-0.4, -0.2) is 5.11 Å². The third-order valence-electron chi connectivity index (χ3n) is 0.938. The summed E-state index contributed by atoms with van der Waals surface area (Å²) in [4.78, 5) is 0. The number of rotatable bonds is 0. The number of benzene rings is 1. The molecule has 0 aromatic heterocycles. The van der Waals surface area contributed by atoms with Crippen LogP contribution in [0.1, 0.15) is 0 Å². The molecular weight excluding hydrogens is 171 g/mol. The Bertz CT molecular complexity index is 212. The van der Waals surface area contributed by atoms with Crippen molar-refractivity contribution in [3.05, 3.63) is 29.0 Å². The Labute approximate surface area is 68.4 Å². The molecule has 1 aromatic carbocycles. The molecule has 0 aliphatic carbocycles. The Kier molecular flexibility index (Phi) is 4.52. The second kappa shape index (κ2) is 4.90. The zero-order valence-corrected chi connectivity index (χ0v) is 6.35. The molecule has 62 valence electrons. The van der Waals surface area contributed by atoms with Crippen molar-refractivity contribution in [3.8, 4) is 5.75 Å². The van der Waals surface area contributed by atoms with Crippen LogP contribution in [0.2, 0.25) is 5.02 Å². The first kappa shape index (κ1) is 10.2. The van der Waals surface area contributed by atoms with Crippen molar-refractivity contribution in [1.82, 2.24) is 0 Å². The van der Waals surface area contributed by atoms with E-state index in [1.807, 2.05) is 0 Å². The van der Waals surface area contributed by atoms with E-state index in [1.165, 1.54) is 12.1 Å². The van der Waals surface area contributed by atoms with E-state index < -0.39 is 11.6 Å². The summed E-state index contributed by atoms with van der Waals surface area (Å²) in [5, 5.41) is 8.74. The average molecular weight is 179 g/mol. The van der Waals surface area contributed by atoms with Gasteiger partial charge in [-0.2, -0.15) is 0 Å². The van der Waals surface area contributed by atoms with Crippen molar-refractivity contribution in [2.75, 3.05) is 0 Å². The number of halogens is 2. The molecule has 1 rings (SSSR count). The molecule has 0 heterocycles. The zero-order valence-electron chi connectivity index (χ0n) is 5.59. The number of phenols is 1. The Balaban J connectivity index is 0.000000461. The highest BCUT2D eigenvalue weighted by Gasteiger charge is 2.01. The van der Waals surface area contributed by atoms with Gasteiger partial charge in [0.2, 0.25) is 0 Å². The third-order valence-corrected chi connectivity index (χ3v) is 1.24. The first-order valence-corrected chi connectivity index (χ1v) is 3.06. The molecule has 0 aliphatic heterocycles. The summed E-state index contributed by atoms with van der Waals surface area (Å²) in [5.74, 6) is 6.82. The maximum Gasteiger partial charge on any atom is 0.170 e.